The van der Waals surface area contributed by atoms with Crippen molar-refractivity contribution in [2.24, 2.45) is 0 Å². The van der Waals surface area contributed by atoms with Gasteiger partial charge < -0.3 is 10.0 Å². The molecule has 214 valence electrons. The summed E-state index contributed by atoms with van der Waals surface area (Å²) in [5, 5.41) is 12.5. The summed E-state index contributed by atoms with van der Waals surface area (Å²) in [4.78, 5) is 7.55. The molecule has 0 saturated heterocycles. The van der Waals surface area contributed by atoms with Crippen molar-refractivity contribution in [1.82, 2.24) is 9.88 Å². The highest BCUT2D eigenvalue weighted by atomic mass is 16.3. The molecular formula is C35H58N2O. The van der Waals surface area contributed by atoms with Crippen molar-refractivity contribution in [1.29, 1.82) is 0 Å². The van der Waals surface area contributed by atoms with Crippen LogP contribution < -0.4 is 0 Å². The van der Waals surface area contributed by atoms with E-state index in [0.717, 1.165) is 43.6 Å². The topological polar surface area (TPSA) is 36.4 Å². The van der Waals surface area contributed by atoms with Crippen LogP contribution in [0.2, 0.25) is 0 Å². The minimum Gasteiger partial charge on any atom is -0.387 e. The van der Waals surface area contributed by atoms with E-state index in [-0.39, 0.29) is 0 Å². The molecule has 1 aliphatic rings. The van der Waals surface area contributed by atoms with Crippen LogP contribution in [0.5, 0.6) is 0 Å². The van der Waals surface area contributed by atoms with Gasteiger partial charge in [-0.2, -0.15) is 0 Å². The zero-order valence-corrected chi connectivity index (χ0v) is 25.0. The Morgan fingerprint density at radius 3 is 1.87 bits per heavy atom. The largest absolute Gasteiger partial charge is 0.387 e. The van der Waals surface area contributed by atoms with Crippen molar-refractivity contribution in [2.45, 2.75) is 148 Å². The average molecular weight is 523 g/mol. The summed E-state index contributed by atoms with van der Waals surface area (Å²) in [6, 6.07) is 8.80. The fraction of sp³-hybridized carbons (Fsp3) is 0.743. The molecule has 0 amide bonds. The number of aliphatic hydroxyl groups excluding tert-OH is 1. The average Bonchev–Trinajstić information content (AvgIpc) is 2.94. The Kier molecular flexibility index (Phi) is 15.4. The Morgan fingerprint density at radius 1 is 0.711 bits per heavy atom. The quantitative estimate of drug-likeness (QED) is 0.166. The molecule has 1 aromatic carbocycles. The maximum Gasteiger partial charge on any atom is 0.0917 e. The van der Waals surface area contributed by atoms with E-state index >= 15 is 0 Å². The molecule has 3 rings (SSSR count). The number of fused-ring (bicyclic) bond motifs is 2. The van der Waals surface area contributed by atoms with Crippen LogP contribution in [0.3, 0.4) is 0 Å². The van der Waals surface area contributed by atoms with Crippen LogP contribution >= 0.6 is 0 Å². The van der Waals surface area contributed by atoms with Crippen LogP contribution in [0.25, 0.3) is 10.9 Å². The molecule has 1 N–H and O–H groups in total. The van der Waals surface area contributed by atoms with E-state index in [2.05, 4.69) is 43.0 Å². The molecule has 1 unspecified atom stereocenters. The first-order valence-corrected chi connectivity index (χ1v) is 16.5. The number of aromatic nitrogens is 1. The number of aliphatic hydroxyl groups is 1. The summed E-state index contributed by atoms with van der Waals surface area (Å²) < 4.78 is 0. The van der Waals surface area contributed by atoms with Crippen LogP contribution in [-0.4, -0.2) is 34.6 Å². The molecule has 0 radical (unpaired) electrons. The van der Waals surface area contributed by atoms with E-state index in [0.29, 0.717) is 0 Å². The zero-order valence-electron chi connectivity index (χ0n) is 25.0. The molecular weight excluding hydrogens is 464 g/mol. The number of pyridine rings is 1. The number of rotatable bonds is 21. The normalized spacial score (nSPS) is 14.3. The molecule has 3 nitrogen and oxygen atoms in total. The van der Waals surface area contributed by atoms with Crippen molar-refractivity contribution in [3.05, 3.63) is 41.1 Å². The SMILES string of the molecule is CCCCCCCCCCN(CCCCCCCCCC)CC(O)c1ccc2cc3c(nc2c1)CCCC3. The molecule has 1 aromatic heterocycles. The lowest BCUT2D eigenvalue weighted by molar-refractivity contribution is 0.110. The number of aryl methyl sites for hydroxylation is 2. The number of hydrogen-bond donors (Lipinski definition) is 1. The molecule has 38 heavy (non-hydrogen) atoms. The zero-order chi connectivity index (χ0) is 26.8. The minimum absolute atomic E-state index is 0.444. The third kappa shape index (κ3) is 11.3. The second-order valence-electron chi connectivity index (χ2n) is 12.0. The Labute approximate surface area is 234 Å². The van der Waals surface area contributed by atoms with Gasteiger partial charge in [0.15, 0.2) is 0 Å². The first kappa shape index (κ1) is 31.1. The van der Waals surface area contributed by atoms with Gasteiger partial charge in [0.2, 0.25) is 0 Å². The lowest BCUT2D eigenvalue weighted by atomic mass is 9.94. The number of hydrogen-bond acceptors (Lipinski definition) is 3. The third-order valence-electron chi connectivity index (χ3n) is 8.59. The molecule has 1 aliphatic carbocycles. The van der Waals surface area contributed by atoms with Crippen LogP contribution in [0.4, 0.5) is 0 Å². The first-order valence-electron chi connectivity index (χ1n) is 16.5. The predicted molar refractivity (Wildman–Crippen MR) is 165 cm³/mol. The Morgan fingerprint density at radius 2 is 1.26 bits per heavy atom. The van der Waals surface area contributed by atoms with Gasteiger partial charge in [0.1, 0.15) is 0 Å². The van der Waals surface area contributed by atoms with Gasteiger partial charge in [0.05, 0.1) is 11.6 Å². The number of benzene rings is 1. The van der Waals surface area contributed by atoms with E-state index in [4.69, 9.17) is 4.98 Å². The molecule has 0 aliphatic heterocycles. The van der Waals surface area contributed by atoms with Crippen molar-refractivity contribution in [2.75, 3.05) is 19.6 Å². The minimum atomic E-state index is -0.444. The summed E-state index contributed by atoms with van der Waals surface area (Å²) >= 11 is 0. The summed E-state index contributed by atoms with van der Waals surface area (Å²) in [5.41, 5.74) is 4.79. The van der Waals surface area contributed by atoms with Crippen LogP contribution in [0.15, 0.2) is 24.3 Å². The molecule has 1 atom stereocenters. The van der Waals surface area contributed by atoms with Crippen molar-refractivity contribution in [3.63, 3.8) is 0 Å². The van der Waals surface area contributed by atoms with Gasteiger partial charge in [0, 0.05) is 17.6 Å². The number of nitrogens with zero attached hydrogens (tertiary/aromatic N) is 2. The lowest BCUT2D eigenvalue weighted by Crippen LogP contribution is -2.31. The fourth-order valence-corrected chi connectivity index (χ4v) is 6.10. The number of unbranched alkanes of at least 4 members (excludes halogenated alkanes) is 14. The van der Waals surface area contributed by atoms with E-state index in [1.807, 2.05) is 0 Å². The summed E-state index contributed by atoms with van der Waals surface area (Å²) in [7, 11) is 0. The molecule has 2 aromatic rings. The second kappa shape index (κ2) is 18.8. The van der Waals surface area contributed by atoms with E-state index in [1.165, 1.54) is 132 Å². The van der Waals surface area contributed by atoms with Gasteiger partial charge in [-0.15, -0.1) is 0 Å². The second-order valence-corrected chi connectivity index (χ2v) is 12.0. The Hall–Kier alpha value is -1.45. The third-order valence-corrected chi connectivity index (χ3v) is 8.59. The molecule has 1 heterocycles. The van der Waals surface area contributed by atoms with Crippen LogP contribution in [-0.2, 0) is 12.8 Å². The van der Waals surface area contributed by atoms with Gasteiger partial charge in [-0.1, -0.05) is 116 Å². The highest BCUT2D eigenvalue weighted by molar-refractivity contribution is 5.80. The fourth-order valence-electron chi connectivity index (χ4n) is 6.10. The first-order chi connectivity index (χ1) is 18.7. The van der Waals surface area contributed by atoms with Gasteiger partial charge in [-0.3, -0.25) is 4.98 Å². The molecule has 0 saturated carbocycles. The molecule has 0 fully saturated rings. The predicted octanol–water partition coefficient (Wildman–Crippen LogP) is 9.73. The highest BCUT2D eigenvalue weighted by Gasteiger charge is 2.16. The van der Waals surface area contributed by atoms with Crippen molar-refractivity contribution >= 4 is 10.9 Å². The summed E-state index contributed by atoms with van der Waals surface area (Å²) in [6.07, 6.45) is 26.0. The maximum absolute atomic E-state index is 11.3. The van der Waals surface area contributed by atoms with Crippen LogP contribution in [0.1, 0.15) is 152 Å². The van der Waals surface area contributed by atoms with Crippen molar-refractivity contribution < 1.29 is 5.11 Å². The molecule has 3 heteroatoms. The Balaban J connectivity index is 1.49. The van der Waals surface area contributed by atoms with E-state index in [9.17, 15) is 5.11 Å². The van der Waals surface area contributed by atoms with Gasteiger partial charge >= 0.3 is 0 Å². The van der Waals surface area contributed by atoms with Gasteiger partial charge in [-0.25, -0.2) is 0 Å². The van der Waals surface area contributed by atoms with Gasteiger partial charge in [0.25, 0.3) is 0 Å². The van der Waals surface area contributed by atoms with E-state index in [1.54, 1.807) is 0 Å². The summed E-state index contributed by atoms with van der Waals surface area (Å²) in [6.45, 7) is 7.54. The van der Waals surface area contributed by atoms with Crippen LogP contribution in [0, 0.1) is 0 Å². The van der Waals surface area contributed by atoms with E-state index < -0.39 is 6.10 Å². The maximum atomic E-state index is 11.3. The standard InChI is InChI=1S/C35H58N2O/c1-3-5-7-9-11-13-15-19-25-37(26-20-16-14-12-10-8-6-4-2)29-35(38)32-24-23-31-27-30-21-17-18-22-33(30)36-34(31)28-32/h23-24,27-28,35,38H,3-22,25-26,29H2,1-2H3. The van der Waals surface area contributed by atoms with Gasteiger partial charge in [-0.05, 0) is 74.9 Å². The molecule has 0 bridgehead atoms. The summed E-state index contributed by atoms with van der Waals surface area (Å²) in [5.74, 6) is 0. The monoisotopic (exact) mass is 522 g/mol. The highest BCUT2D eigenvalue weighted by Crippen LogP contribution is 2.26. The smallest absolute Gasteiger partial charge is 0.0917 e. The Bertz CT molecular complexity index is 875. The van der Waals surface area contributed by atoms with Crippen molar-refractivity contribution in [3.8, 4) is 0 Å². The molecule has 0 spiro atoms. The lowest BCUT2D eigenvalue weighted by Gasteiger charge is -2.25.